The van der Waals surface area contributed by atoms with Crippen molar-refractivity contribution in [2.24, 2.45) is 5.92 Å². The molecule has 0 aromatic heterocycles. The monoisotopic (exact) mass is 604 g/mol. The Morgan fingerprint density at radius 1 is 1.14 bits per heavy atom. The van der Waals surface area contributed by atoms with Crippen LogP contribution >= 0.6 is 0 Å². The minimum Gasteiger partial charge on any atom is -0.490 e. The van der Waals surface area contributed by atoms with E-state index in [0.717, 1.165) is 25.5 Å². The Morgan fingerprint density at radius 3 is 2.52 bits per heavy atom. The maximum atomic E-state index is 14.1. The van der Waals surface area contributed by atoms with Crippen LogP contribution in [0.1, 0.15) is 50.4 Å². The van der Waals surface area contributed by atoms with Gasteiger partial charge in [-0.15, -0.1) is 0 Å². The van der Waals surface area contributed by atoms with Gasteiger partial charge in [-0.1, -0.05) is 25.1 Å². The number of carbonyl (C=O) groups is 2. The Kier molecular flexibility index (Phi) is 12.0. The Hall–Kier alpha value is -3.35. The van der Waals surface area contributed by atoms with E-state index >= 15 is 0 Å². The molecule has 0 saturated carbocycles. The highest BCUT2D eigenvalue weighted by Crippen LogP contribution is 2.29. The number of aliphatic hydroxyl groups excluding tert-OH is 1. The third kappa shape index (κ3) is 9.88. The van der Waals surface area contributed by atoms with E-state index in [-0.39, 0.29) is 49.0 Å². The molecule has 0 aliphatic carbocycles. The topological polar surface area (TPSA) is 138 Å². The average Bonchev–Trinajstić information content (AvgIpc) is 2.94. The molecule has 0 spiro atoms. The number of fused-ring (bicyclic) bond motifs is 1. The number of hydrogen-bond donors (Lipinski definition) is 3. The number of para-hydroxylation sites is 1. The first-order valence-electron chi connectivity index (χ1n) is 14.3. The molecule has 0 bridgehead atoms. The van der Waals surface area contributed by atoms with Crippen molar-refractivity contribution in [1.29, 1.82) is 0 Å². The highest BCUT2D eigenvalue weighted by atomic mass is 32.2. The van der Waals surface area contributed by atoms with E-state index in [1.165, 1.54) is 6.07 Å². The lowest BCUT2D eigenvalue weighted by Gasteiger charge is -2.35. The maximum absolute atomic E-state index is 14.1. The van der Waals surface area contributed by atoms with Crippen LogP contribution in [0.5, 0.6) is 5.75 Å². The Bertz CT molecular complexity index is 1290. The Morgan fingerprint density at radius 2 is 1.86 bits per heavy atom. The van der Waals surface area contributed by atoms with Gasteiger partial charge in [-0.05, 0) is 63.4 Å². The molecule has 1 heterocycles. The van der Waals surface area contributed by atoms with E-state index in [4.69, 9.17) is 9.47 Å². The van der Waals surface area contributed by atoms with Crippen LogP contribution in [-0.2, 0) is 14.8 Å². The van der Waals surface area contributed by atoms with Gasteiger partial charge >= 0.3 is 6.03 Å². The van der Waals surface area contributed by atoms with Gasteiger partial charge in [0.2, 0.25) is 10.0 Å². The summed E-state index contributed by atoms with van der Waals surface area (Å²) in [7, 11) is -1.88. The molecule has 2 aromatic carbocycles. The number of aliphatic hydroxyl groups is 1. The van der Waals surface area contributed by atoms with E-state index in [0.29, 0.717) is 18.0 Å². The number of nitrogens with zero attached hydrogens (tertiary/aromatic N) is 2. The van der Waals surface area contributed by atoms with Crippen LogP contribution < -0.4 is 14.8 Å². The maximum Gasteiger partial charge on any atom is 0.321 e. The number of benzene rings is 2. The number of likely N-dealkylation sites (N-methyl/N-ethyl adjacent to an activating group) is 1. The molecule has 4 atom stereocenters. The number of hydrogen-bond acceptors (Lipinski definition) is 7. The fraction of sp³-hybridized carbons (Fsp3) is 0.533. The summed E-state index contributed by atoms with van der Waals surface area (Å²) in [4.78, 5) is 30.1. The molecule has 0 saturated heterocycles. The minimum atomic E-state index is -3.58. The zero-order valence-electron chi connectivity index (χ0n) is 25.1. The van der Waals surface area contributed by atoms with Gasteiger partial charge in [0, 0.05) is 44.0 Å². The normalized spacial score (nSPS) is 21.3. The van der Waals surface area contributed by atoms with Crippen molar-refractivity contribution < 1.29 is 32.6 Å². The van der Waals surface area contributed by atoms with E-state index in [1.807, 2.05) is 44.2 Å². The molecule has 11 nitrogen and oxygen atoms in total. The van der Waals surface area contributed by atoms with Crippen LogP contribution in [0.2, 0.25) is 0 Å². The second kappa shape index (κ2) is 15.2. The second-order valence-corrected chi connectivity index (χ2v) is 12.8. The van der Waals surface area contributed by atoms with Gasteiger partial charge in [0.05, 0.1) is 36.7 Å². The summed E-state index contributed by atoms with van der Waals surface area (Å²) in [6, 6.07) is 13.0. The molecule has 0 fully saturated rings. The van der Waals surface area contributed by atoms with Crippen LogP contribution in [0.15, 0.2) is 48.5 Å². The first-order valence-corrected chi connectivity index (χ1v) is 16.2. The molecule has 42 heavy (non-hydrogen) atoms. The third-order valence-electron chi connectivity index (χ3n) is 7.18. The fourth-order valence-corrected chi connectivity index (χ4v) is 5.31. The highest BCUT2D eigenvalue weighted by molar-refractivity contribution is 7.92. The number of ether oxygens (including phenoxy) is 2. The third-order valence-corrected chi connectivity index (χ3v) is 7.79. The molecule has 1 aliphatic rings. The summed E-state index contributed by atoms with van der Waals surface area (Å²) in [6.45, 7) is 6.32. The SMILES string of the molecule is C[C@@H]1CCCCO[C@@H](CN(C)C(=O)Nc2ccccc2)[C@@H](C)CN([C@H](C)CO)C(=O)c2cc(NS(C)(=O)=O)ccc2O1. The number of sulfonamides is 1. The van der Waals surface area contributed by atoms with Crippen molar-refractivity contribution in [3.05, 3.63) is 54.1 Å². The smallest absolute Gasteiger partial charge is 0.321 e. The van der Waals surface area contributed by atoms with Crippen LogP contribution in [0.3, 0.4) is 0 Å². The van der Waals surface area contributed by atoms with E-state index in [2.05, 4.69) is 10.0 Å². The molecule has 0 unspecified atom stereocenters. The molecular weight excluding hydrogens is 560 g/mol. The van der Waals surface area contributed by atoms with E-state index in [9.17, 15) is 23.1 Å². The number of anilines is 2. The first-order chi connectivity index (χ1) is 19.9. The number of carbonyl (C=O) groups excluding carboxylic acids is 2. The summed E-state index contributed by atoms with van der Waals surface area (Å²) >= 11 is 0. The summed E-state index contributed by atoms with van der Waals surface area (Å²) < 4.78 is 38.7. The number of amides is 3. The van der Waals surface area contributed by atoms with Crippen LogP contribution in [0.4, 0.5) is 16.2 Å². The summed E-state index contributed by atoms with van der Waals surface area (Å²) in [6.07, 6.45) is 2.77. The van der Waals surface area contributed by atoms with Gasteiger partial charge in [-0.2, -0.15) is 0 Å². The van der Waals surface area contributed by atoms with Crippen molar-refractivity contribution in [2.45, 2.75) is 58.3 Å². The van der Waals surface area contributed by atoms with Gasteiger partial charge in [0.25, 0.3) is 5.91 Å². The second-order valence-electron chi connectivity index (χ2n) is 11.1. The molecular formula is C30H44N4O7S. The van der Waals surface area contributed by atoms with E-state index < -0.39 is 28.1 Å². The molecule has 2 aromatic rings. The van der Waals surface area contributed by atoms with Gasteiger partial charge in [0.15, 0.2) is 0 Å². The lowest BCUT2D eigenvalue weighted by Crippen LogP contribution is -2.48. The zero-order valence-corrected chi connectivity index (χ0v) is 25.9. The first kappa shape index (κ1) is 33.2. The van der Waals surface area contributed by atoms with Crippen molar-refractivity contribution in [1.82, 2.24) is 9.80 Å². The predicted octanol–water partition coefficient (Wildman–Crippen LogP) is 4.02. The Labute approximate surface area is 249 Å². The quantitative estimate of drug-likeness (QED) is 0.434. The lowest BCUT2D eigenvalue weighted by molar-refractivity contribution is -0.0115. The largest absolute Gasteiger partial charge is 0.490 e. The lowest BCUT2D eigenvalue weighted by atomic mass is 10.0. The predicted molar refractivity (Wildman–Crippen MR) is 163 cm³/mol. The number of rotatable bonds is 7. The number of urea groups is 1. The summed E-state index contributed by atoms with van der Waals surface area (Å²) in [5.41, 5.74) is 1.11. The minimum absolute atomic E-state index is 0.192. The number of nitrogens with one attached hydrogen (secondary N) is 2. The fourth-order valence-electron chi connectivity index (χ4n) is 4.76. The van der Waals surface area contributed by atoms with Crippen molar-refractivity contribution in [3.63, 3.8) is 0 Å². The molecule has 12 heteroatoms. The van der Waals surface area contributed by atoms with Gasteiger partial charge in [-0.3, -0.25) is 9.52 Å². The molecule has 0 radical (unpaired) electrons. The van der Waals surface area contributed by atoms with Crippen molar-refractivity contribution in [2.75, 3.05) is 49.6 Å². The van der Waals surface area contributed by atoms with Crippen molar-refractivity contribution >= 4 is 33.3 Å². The summed E-state index contributed by atoms with van der Waals surface area (Å²) in [5.74, 6) is -0.288. The van der Waals surface area contributed by atoms with Crippen LogP contribution in [0.25, 0.3) is 0 Å². The standard InChI is InChI=1S/C30H44N4O7S/c1-21-18-34(22(2)20-35)29(36)26-17-25(32-42(5,38)39)14-15-27(26)41-23(3)11-9-10-16-40-28(21)19-33(4)30(37)31-24-12-7-6-8-13-24/h6-8,12-15,17,21-23,28,32,35H,9-11,16,18-20H2,1-5H3,(H,31,37)/t21-,22+,23+,28-/m0/s1. The zero-order chi connectivity index (χ0) is 30.9. The average molecular weight is 605 g/mol. The van der Waals surface area contributed by atoms with Gasteiger partial charge in [-0.25, -0.2) is 13.2 Å². The van der Waals surface area contributed by atoms with E-state index in [1.54, 1.807) is 35.9 Å². The molecule has 3 amide bonds. The van der Waals surface area contributed by atoms with Crippen LogP contribution in [-0.4, -0.2) is 93.1 Å². The molecule has 3 N–H and O–H groups in total. The van der Waals surface area contributed by atoms with Gasteiger partial charge < -0.3 is 29.7 Å². The van der Waals surface area contributed by atoms with Gasteiger partial charge in [0.1, 0.15) is 5.75 Å². The molecule has 232 valence electrons. The molecule has 3 rings (SSSR count). The van der Waals surface area contributed by atoms with Crippen molar-refractivity contribution in [3.8, 4) is 5.75 Å². The Balaban J connectivity index is 1.91. The van der Waals surface area contributed by atoms with Crippen LogP contribution in [0, 0.1) is 5.92 Å². The summed E-state index contributed by atoms with van der Waals surface area (Å²) in [5, 5.41) is 13.0. The molecule has 1 aliphatic heterocycles. The highest BCUT2D eigenvalue weighted by Gasteiger charge is 2.31.